The number of amides is 1. The van der Waals surface area contributed by atoms with Crippen molar-refractivity contribution in [3.63, 3.8) is 0 Å². The second-order valence-electron chi connectivity index (χ2n) is 8.21. The molecule has 0 unspecified atom stereocenters. The Bertz CT molecular complexity index is 1070. The molecule has 29 heavy (non-hydrogen) atoms. The maximum absolute atomic E-state index is 12.6. The molecule has 6 heteroatoms. The van der Waals surface area contributed by atoms with Crippen LogP contribution >= 0.6 is 11.3 Å². The molecule has 1 amide bonds. The van der Waals surface area contributed by atoms with Gasteiger partial charge in [-0.25, -0.2) is 4.98 Å². The van der Waals surface area contributed by atoms with Crippen molar-refractivity contribution in [2.45, 2.75) is 58.4 Å². The molecule has 152 valence electrons. The Labute approximate surface area is 174 Å². The van der Waals surface area contributed by atoms with Crippen LogP contribution in [0.2, 0.25) is 0 Å². The number of nitrogens with one attached hydrogen (secondary N) is 2. The van der Waals surface area contributed by atoms with Gasteiger partial charge in [0.05, 0.1) is 11.4 Å². The zero-order valence-corrected chi connectivity index (χ0v) is 17.8. The lowest BCUT2D eigenvalue weighted by Crippen LogP contribution is -2.30. The minimum absolute atomic E-state index is 0.00143. The van der Waals surface area contributed by atoms with E-state index in [1.807, 2.05) is 18.2 Å². The van der Waals surface area contributed by atoms with Crippen molar-refractivity contribution in [1.82, 2.24) is 15.3 Å². The van der Waals surface area contributed by atoms with Gasteiger partial charge >= 0.3 is 0 Å². The highest BCUT2D eigenvalue weighted by molar-refractivity contribution is 7.18. The van der Waals surface area contributed by atoms with E-state index in [0.717, 1.165) is 41.5 Å². The number of carbonyl (C=O) groups excluding carboxylic acids is 1. The van der Waals surface area contributed by atoms with Crippen LogP contribution in [0, 0.1) is 5.92 Å². The first-order valence-electron chi connectivity index (χ1n) is 10.4. The van der Waals surface area contributed by atoms with Crippen LogP contribution in [-0.4, -0.2) is 15.9 Å². The molecule has 0 spiro atoms. The van der Waals surface area contributed by atoms with Gasteiger partial charge in [0.2, 0.25) is 5.91 Å². The van der Waals surface area contributed by atoms with E-state index in [0.29, 0.717) is 24.6 Å². The Balaban J connectivity index is 1.44. The summed E-state index contributed by atoms with van der Waals surface area (Å²) in [5, 5.41) is 3.92. The molecular formula is C23H27N3O2S. The third-order valence-electron chi connectivity index (χ3n) is 5.46. The molecule has 1 aliphatic rings. The smallest absolute Gasteiger partial charge is 0.259 e. The summed E-state index contributed by atoms with van der Waals surface area (Å²) in [6.07, 6.45) is 4.77. The Hall–Kier alpha value is -2.47. The molecule has 0 aliphatic heterocycles. The summed E-state index contributed by atoms with van der Waals surface area (Å²) in [4.78, 5) is 34.8. The Kier molecular flexibility index (Phi) is 5.81. The van der Waals surface area contributed by atoms with Gasteiger partial charge in [-0.2, -0.15) is 0 Å². The first-order chi connectivity index (χ1) is 14.0. The van der Waals surface area contributed by atoms with E-state index in [2.05, 4.69) is 41.3 Å². The first kappa shape index (κ1) is 19.8. The molecule has 3 aromatic rings. The van der Waals surface area contributed by atoms with Crippen molar-refractivity contribution in [3.8, 4) is 0 Å². The molecule has 2 aromatic heterocycles. The minimum Gasteiger partial charge on any atom is -0.349 e. The number of hydrogen-bond acceptors (Lipinski definition) is 4. The number of rotatable bonds is 7. The predicted octanol–water partition coefficient (Wildman–Crippen LogP) is 4.31. The number of hydrogen-bond donors (Lipinski definition) is 2. The van der Waals surface area contributed by atoms with Crippen LogP contribution in [0.15, 0.2) is 35.1 Å². The first-order valence-corrected chi connectivity index (χ1v) is 11.2. The van der Waals surface area contributed by atoms with Gasteiger partial charge in [0.1, 0.15) is 10.7 Å². The van der Waals surface area contributed by atoms with Crippen molar-refractivity contribution in [2.24, 2.45) is 5.92 Å². The second-order valence-corrected chi connectivity index (χ2v) is 9.29. The Morgan fingerprint density at radius 3 is 2.79 bits per heavy atom. The average Bonchev–Trinajstić information content (AvgIpc) is 3.27. The van der Waals surface area contributed by atoms with Gasteiger partial charge in [0.15, 0.2) is 0 Å². The van der Waals surface area contributed by atoms with Crippen molar-refractivity contribution in [3.05, 3.63) is 62.5 Å². The summed E-state index contributed by atoms with van der Waals surface area (Å²) >= 11 is 1.63. The maximum atomic E-state index is 12.6. The lowest BCUT2D eigenvalue weighted by Gasteiger charge is -2.21. The second kappa shape index (κ2) is 8.49. The van der Waals surface area contributed by atoms with E-state index in [4.69, 9.17) is 0 Å². The highest BCUT2D eigenvalue weighted by atomic mass is 32.1. The monoisotopic (exact) mass is 409 g/mol. The Morgan fingerprint density at radius 2 is 2.03 bits per heavy atom. The number of aromatic nitrogens is 2. The zero-order chi connectivity index (χ0) is 20.4. The van der Waals surface area contributed by atoms with Gasteiger partial charge in [-0.15, -0.1) is 11.3 Å². The molecule has 2 N–H and O–H groups in total. The number of thiophene rings is 1. The SMILES string of the molecule is CC(C)C[C@H](NC(=O)CCc1nc2sc3c(c2c(=O)[nH]1)CCC3)c1ccccc1. The van der Waals surface area contributed by atoms with Crippen LogP contribution in [0.1, 0.15) is 61.0 Å². The summed E-state index contributed by atoms with van der Waals surface area (Å²) in [6, 6.07) is 10.1. The zero-order valence-electron chi connectivity index (χ0n) is 17.0. The Morgan fingerprint density at radius 1 is 1.24 bits per heavy atom. The van der Waals surface area contributed by atoms with E-state index in [9.17, 15) is 9.59 Å². The van der Waals surface area contributed by atoms with Crippen molar-refractivity contribution in [2.75, 3.05) is 0 Å². The van der Waals surface area contributed by atoms with Gasteiger partial charge in [-0.3, -0.25) is 9.59 Å². The van der Waals surface area contributed by atoms with Gasteiger partial charge in [0.25, 0.3) is 5.56 Å². The normalized spacial score (nSPS) is 14.3. The van der Waals surface area contributed by atoms with Crippen LogP contribution in [0.5, 0.6) is 0 Å². The highest BCUT2D eigenvalue weighted by Crippen LogP contribution is 2.34. The fourth-order valence-electron chi connectivity index (χ4n) is 4.10. The molecule has 0 fully saturated rings. The van der Waals surface area contributed by atoms with Crippen LogP contribution < -0.4 is 10.9 Å². The molecule has 0 saturated carbocycles. The largest absolute Gasteiger partial charge is 0.349 e. The van der Waals surface area contributed by atoms with Crippen LogP contribution in [-0.2, 0) is 24.1 Å². The number of carbonyl (C=O) groups is 1. The van der Waals surface area contributed by atoms with Crippen LogP contribution in [0.3, 0.4) is 0 Å². The van der Waals surface area contributed by atoms with E-state index in [-0.39, 0.29) is 17.5 Å². The van der Waals surface area contributed by atoms with Crippen molar-refractivity contribution >= 4 is 27.5 Å². The summed E-state index contributed by atoms with van der Waals surface area (Å²) in [7, 11) is 0. The van der Waals surface area contributed by atoms with Gasteiger partial charge in [-0.05, 0) is 42.7 Å². The molecule has 0 radical (unpaired) electrons. The molecule has 1 aromatic carbocycles. The van der Waals surface area contributed by atoms with Gasteiger partial charge < -0.3 is 10.3 Å². The topological polar surface area (TPSA) is 74.8 Å². The number of H-pyrrole nitrogens is 1. The third kappa shape index (κ3) is 4.42. The van der Waals surface area contributed by atoms with Gasteiger partial charge in [0, 0.05) is 17.7 Å². The number of aryl methyl sites for hydroxylation is 3. The minimum atomic E-state index is -0.0632. The highest BCUT2D eigenvalue weighted by Gasteiger charge is 2.21. The molecule has 0 saturated heterocycles. The standard InChI is InChI=1S/C23H27N3O2S/c1-14(2)13-17(15-7-4-3-5-8-15)24-20(27)12-11-19-25-22(28)21-16-9-6-10-18(16)29-23(21)26-19/h3-5,7-8,14,17H,6,9-13H2,1-2H3,(H,24,27)(H,25,26,28)/t17-/m0/s1. The van der Waals surface area contributed by atoms with Crippen molar-refractivity contribution < 1.29 is 4.79 Å². The lowest BCUT2D eigenvalue weighted by molar-refractivity contribution is -0.121. The van der Waals surface area contributed by atoms with Gasteiger partial charge in [-0.1, -0.05) is 44.2 Å². The molecule has 0 bridgehead atoms. The number of benzene rings is 1. The molecule has 2 heterocycles. The number of fused-ring (bicyclic) bond motifs is 3. The summed E-state index contributed by atoms with van der Waals surface area (Å²) in [6.45, 7) is 4.31. The fraction of sp³-hybridized carbons (Fsp3) is 0.435. The maximum Gasteiger partial charge on any atom is 0.259 e. The quantitative estimate of drug-likeness (QED) is 0.611. The van der Waals surface area contributed by atoms with E-state index in [1.165, 1.54) is 10.4 Å². The van der Waals surface area contributed by atoms with Crippen molar-refractivity contribution in [1.29, 1.82) is 0 Å². The summed E-state index contributed by atoms with van der Waals surface area (Å²) < 4.78 is 0. The van der Waals surface area contributed by atoms with E-state index in [1.54, 1.807) is 11.3 Å². The molecular weight excluding hydrogens is 382 g/mol. The average molecular weight is 410 g/mol. The summed E-state index contributed by atoms with van der Waals surface area (Å²) in [5.41, 5.74) is 2.24. The van der Waals surface area contributed by atoms with E-state index < -0.39 is 0 Å². The molecule has 1 aliphatic carbocycles. The predicted molar refractivity (Wildman–Crippen MR) is 117 cm³/mol. The fourth-order valence-corrected chi connectivity index (χ4v) is 5.38. The number of aromatic amines is 1. The molecule has 4 rings (SSSR count). The molecule has 1 atom stereocenters. The van der Waals surface area contributed by atoms with Crippen LogP contribution in [0.4, 0.5) is 0 Å². The van der Waals surface area contributed by atoms with E-state index >= 15 is 0 Å². The summed E-state index contributed by atoms with van der Waals surface area (Å²) in [5.74, 6) is 1.05. The third-order valence-corrected chi connectivity index (χ3v) is 6.64. The lowest BCUT2D eigenvalue weighted by atomic mass is 9.97. The molecule has 5 nitrogen and oxygen atoms in total. The van der Waals surface area contributed by atoms with Crippen LogP contribution in [0.25, 0.3) is 10.2 Å². The number of nitrogens with zero attached hydrogens (tertiary/aromatic N) is 1.